The summed E-state index contributed by atoms with van der Waals surface area (Å²) < 4.78 is 27.1. The lowest BCUT2D eigenvalue weighted by atomic mass is 10.3. The molecule has 0 saturated carbocycles. The van der Waals surface area contributed by atoms with E-state index in [2.05, 4.69) is 10.3 Å². The van der Waals surface area contributed by atoms with Gasteiger partial charge in [0.15, 0.2) is 6.39 Å². The smallest absolute Gasteiger partial charge is 0.289 e. The van der Waals surface area contributed by atoms with Crippen LogP contribution in [0.3, 0.4) is 0 Å². The van der Waals surface area contributed by atoms with Gasteiger partial charge in [0.1, 0.15) is 4.21 Å². The highest BCUT2D eigenvalue weighted by Crippen LogP contribution is 2.24. The maximum Gasteiger partial charge on any atom is 0.289 e. The molecule has 19 heavy (non-hydrogen) atoms. The lowest BCUT2D eigenvalue weighted by Crippen LogP contribution is -2.22. The maximum absolute atomic E-state index is 11.7. The zero-order valence-corrected chi connectivity index (χ0v) is 12.1. The van der Waals surface area contributed by atoms with Crippen LogP contribution < -0.4 is 5.32 Å². The minimum atomic E-state index is -3.72. The van der Waals surface area contributed by atoms with Gasteiger partial charge in [-0.15, -0.1) is 11.3 Å². The lowest BCUT2D eigenvalue weighted by Gasteiger charge is -2.00. The average Bonchev–Trinajstić information content (AvgIpc) is 2.93. The second kappa shape index (κ2) is 5.32. The van der Waals surface area contributed by atoms with Gasteiger partial charge in [0, 0.05) is 15.6 Å². The third-order valence-corrected chi connectivity index (χ3v) is 5.43. The SMILES string of the molecule is Cc1ncoc1C(=O)NCc1ccc(S(=O)(=O)Cl)s1. The Morgan fingerprint density at radius 3 is 2.79 bits per heavy atom. The summed E-state index contributed by atoms with van der Waals surface area (Å²) in [6, 6.07) is 2.99. The fourth-order valence-corrected chi connectivity index (χ4v) is 3.41. The number of thiophene rings is 1. The largest absolute Gasteiger partial charge is 0.438 e. The highest BCUT2D eigenvalue weighted by molar-refractivity contribution is 8.15. The number of carbonyl (C=O) groups is 1. The first kappa shape index (κ1) is 14.0. The van der Waals surface area contributed by atoms with E-state index in [4.69, 9.17) is 15.1 Å². The minimum Gasteiger partial charge on any atom is -0.438 e. The Morgan fingerprint density at radius 1 is 1.53 bits per heavy atom. The summed E-state index contributed by atoms with van der Waals surface area (Å²) in [4.78, 5) is 16.2. The molecule has 0 bridgehead atoms. The topological polar surface area (TPSA) is 89.3 Å². The molecule has 0 aliphatic heterocycles. The number of carbonyl (C=O) groups excluding carboxylic acids is 1. The fraction of sp³-hybridized carbons (Fsp3) is 0.200. The molecule has 2 aromatic rings. The van der Waals surface area contributed by atoms with Crippen molar-refractivity contribution in [3.05, 3.63) is 34.9 Å². The van der Waals surface area contributed by atoms with Gasteiger partial charge in [-0.05, 0) is 19.1 Å². The minimum absolute atomic E-state index is 0.0502. The van der Waals surface area contributed by atoms with E-state index in [9.17, 15) is 13.2 Å². The van der Waals surface area contributed by atoms with Gasteiger partial charge in [-0.2, -0.15) is 0 Å². The number of nitrogens with zero attached hydrogens (tertiary/aromatic N) is 1. The zero-order chi connectivity index (χ0) is 14.0. The van der Waals surface area contributed by atoms with Crippen molar-refractivity contribution in [2.75, 3.05) is 0 Å². The van der Waals surface area contributed by atoms with Gasteiger partial charge in [0.25, 0.3) is 15.0 Å². The molecule has 0 atom stereocenters. The summed E-state index contributed by atoms with van der Waals surface area (Å²) in [5, 5.41) is 2.61. The van der Waals surface area contributed by atoms with Crippen LogP contribution in [0.2, 0.25) is 0 Å². The number of aryl methyl sites for hydroxylation is 1. The monoisotopic (exact) mass is 320 g/mol. The fourth-order valence-electron chi connectivity index (χ4n) is 1.35. The first-order valence-electron chi connectivity index (χ1n) is 5.09. The Hall–Kier alpha value is -1.38. The van der Waals surface area contributed by atoms with Crippen molar-refractivity contribution in [1.82, 2.24) is 10.3 Å². The summed E-state index contributed by atoms with van der Waals surface area (Å²) in [6.07, 6.45) is 1.19. The number of halogens is 1. The standard InChI is InChI=1S/C10H9ClN2O4S2/c1-6-9(17-5-13-6)10(14)12-4-7-2-3-8(18-7)19(11,15)16/h2-3,5H,4H2,1H3,(H,12,14). The van der Waals surface area contributed by atoms with E-state index in [1.54, 1.807) is 13.0 Å². The normalized spacial score (nSPS) is 11.5. The number of oxazole rings is 1. The molecule has 1 N–H and O–H groups in total. The Morgan fingerprint density at radius 2 is 2.26 bits per heavy atom. The van der Waals surface area contributed by atoms with Crippen LogP contribution in [0.25, 0.3) is 0 Å². The molecular formula is C10H9ClN2O4S2. The summed E-state index contributed by atoms with van der Waals surface area (Å²) in [5.41, 5.74) is 0.493. The Bertz CT molecular complexity index is 705. The predicted octanol–water partition coefficient (Wildman–Crippen LogP) is 1.90. The van der Waals surface area contributed by atoms with Crippen LogP contribution in [0.15, 0.2) is 27.2 Å². The van der Waals surface area contributed by atoms with Crippen LogP contribution in [-0.2, 0) is 15.6 Å². The average molecular weight is 321 g/mol. The molecule has 1 amide bonds. The van der Waals surface area contributed by atoms with E-state index < -0.39 is 15.0 Å². The van der Waals surface area contributed by atoms with E-state index in [1.807, 2.05) is 0 Å². The summed E-state index contributed by atoms with van der Waals surface area (Å²) in [5.74, 6) is -0.263. The number of aromatic nitrogens is 1. The highest BCUT2D eigenvalue weighted by atomic mass is 35.7. The number of nitrogens with one attached hydrogen (secondary N) is 1. The van der Waals surface area contributed by atoms with Gasteiger partial charge >= 0.3 is 0 Å². The second-order valence-corrected chi connectivity index (χ2v) is 7.57. The zero-order valence-electron chi connectivity index (χ0n) is 9.71. The van der Waals surface area contributed by atoms with Crippen molar-refractivity contribution < 1.29 is 17.6 Å². The van der Waals surface area contributed by atoms with Crippen molar-refractivity contribution in [1.29, 1.82) is 0 Å². The van der Waals surface area contributed by atoms with Crippen molar-refractivity contribution in [3.63, 3.8) is 0 Å². The summed E-state index contributed by atoms with van der Waals surface area (Å²) in [6.45, 7) is 1.85. The third kappa shape index (κ3) is 3.34. The van der Waals surface area contributed by atoms with Crippen molar-refractivity contribution in [2.24, 2.45) is 0 Å². The molecule has 0 saturated heterocycles. The Labute approximate surface area is 117 Å². The lowest BCUT2D eigenvalue weighted by molar-refractivity contribution is 0.0922. The molecular weight excluding hydrogens is 312 g/mol. The second-order valence-electron chi connectivity index (χ2n) is 3.61. The Kier molecular flexibility index (Phi) is 3.93. The van der Waals surface area contributed by atoms with Crippen LogP contribution in [0.4, 0.5) is 0 Å². The van der Waals surface area contributed by atoms with E-state index in [1.165, 1.54) is 12.5 Å². The Balaban J connectivity index is 2.02. The number of rotatable bonds is 4. The molecule has 0 spiro atoms. The summed E-state index contributed by atoms with van der Waals surface area (Å²) >= 11 is 1.00. The molecule has 0 aliphatic carbocycles. The molecule has 2 heterocycles. The predicted molar refractivity (Wildman–Crippen MR) is 69.8 cm³/mol. The highest BCUT2D eigenvalue weighted by Gasteiger charge is 2.16. The van der Waals surface area contributed by atoms with E-state index in [-0.39, 0.29) is 16.5 Å². The van der Waals surface area contributed by atoms with Gasteiger partial charge in [0.05, 0.1) is 12.2 Å². The number of hydrogen-bond donors (Lipinski definition) is 1. The van der Waals surface area contributed by atoms with Gasteiger partial charge in [0.2, 0.25) is 5.76 Å². The van der Waals surface area contributed by atoms with Crippen molar-refractivity contribution >= 4 is 37.0 Å². The molecule has 0 aromatic carbocycles. The van der Waals surface area contributed by atoms with Crippen LogP contribution >= 0.6 is 22.0 Å². The van der Waals surface area contributed by atoms with Crippen molar-refractivity contribution in [3.8, 4) is 0 Å². The molecule has 2 rings (SSSR count). The molecule has 2 aromatic heterocycles. The first-order valence-corrected chi connectivity index (χ1v) is 8.22. The van der Waals surface area contributed by atoms with Crippen LogP contribution in [0.1, 0.15) is 21.1 Å². The molecule has 102 valence electrons. The summed E-state index contributed by atoms with van der Waals surface area (Å²) in [7, 11) is 1.49. The third-order valence-electron chi connectivity index (χ3n) is 2.25. The number of amides is 1. The van der Waals surface area contributed by atoms with Crippen LogP contribution in [0.5, 0.6) is 0 Å². The first-order chi connectivity index (χ1) is 8.88. The van der Waals surface area contributed by atoms with Crippen molar-refractivity contribution in [2.45, 2.75) is 17.7 Å². The van der Waals surface area contributed by atoms with Gasteiger partial charge < -0.3 is 9.73 Å². The van der Waals surface area contributed by atoms with Crippen LogP contribution in [0, 0.1) is 6.92 Å². The molecule has 9 heteroatoms. The quantitative estimate of drug-likeness (QED) is 0.869. The van der Waals surface area contributed by atoms with Crippen LogP contribution in [-0.4, -0.2) is 19.3 Å². The van der Waals surface area contributed by atoms with Gasteiger partial charge in [-0.3, -0.25) is 4.79 Å². The van der Waals surface area contributed by atoms with E-state index in [0.29, 0.717) is 10.6 Å². The maximum atomic E-state index is 11.7. The van der Waals surface area contributed by atoms with Gasteiger partial charge in [-0.1, -0.05) is 0 Å². The molecule has 0 radical (unpaired) electrons. The van der Waals surface area contributed by atoms with E-state index in [0.717, 1.165) is 11.3 Å². The molecule has 6 nitrogen and oxygen atoms in total. The molecule has 0 fully saturated rings. The van der Waals surface area contributed by atoms with Gasteiger partial charge in [-0.25, -0.2) is 13.4 Å². The van der Waals surface area contributed by atoms with E-state index >= 15 is 0 Å². The molecule has 0 unspecified atom stereocenters. The number of hydrogen-bond acceptors (Lipinski definition) is 6. The molecule has 0 aliphatic rings.